The van der Waals surface area contributed by atoms with Crippen molar-refractivity contribution in [1.29, 1.82) is 0 Å². The van der Waals surface area contributed by atoms with Gasteiger partial charge in [-0.15, -0.1) is 0 Å². The molecular weight excluding hydrogens is 250 g/mol. The van der Waals surface area contributed by atoms with Crippen molar-refractivity contribution in [3.63, 3.8) is 0 Å². The molecule has 1 unspecified atom stereocenters. The van der Waals surface area contributed by atoms with Crippen molar-refractivity contribution in [3.8, 4) is 0 Å². The Morgan fingerprint density at radius 1 is 1.25 bits per heavy atom. The molecule has 4 heteroatoms. The van der Waals surface area contributed by atoms with Gasteiger partial charge in [0.2, 0.25) is 5.91 Å². The molecule has 1 aromatic heterocycles. The van der Waals surface area contributed by atoms with E-state index in [1.807, 2.05) is 23.1 Å². The second kappa shape index (κ2) is 6.35. The highest BCUT2D eigenvalue weighted by Crippen LogP contribution is 2.29. The highest BCUT2D eigenvalue weighted by atomic mass is 16.2. The molecule has 0 bridgehead atoms. The summed E-state index contributed by atoms with van der Waals surface area (Å²) in [5.41, 5.74) is 0.987. The summed E-state index contributed by atoms with van der Waals surface area (Å²) < 4.78 is 0. The topological polar surface area (TPSA) is 45.2 Å². The van der Waals surface area contributed by atoms with E-state index in [4.69, 9.17) is 0 Å². The van der Waals surface area contributed by atoms with Crippen molar-refractivity contribution in [2.24, 2.45) is 0 Å². The minimum absolute atomic E-state index is 0.0156. The Morgan fingerprint density at radius 2 is 2.15 bits per heavy atom. The smallest absolute Gasteiger partial charge is 0.240 e. The maximum Gasteiger partial charge on any atom is 0.240 e. The van der Waals surface area contributed by atoms with Crippen LogP contribution in [0.1, 0.15) is 44.2 Å². The van der Waals surface area contributed by atoms with Crippen LogP contribution in [0.15, 0.2) is 24.4 Å². The van der Waals surface area contributed by atoms with E-state index in [0.717, 1.165) is 37.9 Å². The lowest BCUT2D eigenvalue weighted by molar-refractivity contribution is -0.134. The van der Waals surface area contributed by atoms with Crippen molar-refractivity contribution in [2.75, 3.05) is 6.54 Å². The van der Waals surface area contributed by atoms with Crippen LogP contribution in [0.4, 0.5) is 0 Å². The molecule has 1 amide bonds. The van der Waals surface area contributed by atoms with Gasteiger partial charge in [0.25, 0.3) is 0 Å². The van der Waals surface area contributed by atoms with E-state index in [2.05, 4.69) is 10.3 Å². The Bertz CT molecular complexity index is 436. The first-order valence-corrected chi connectivity index (χ1v) is 7.78. The zero-order valence-corrected chi connectivity index (χ0v) is 11.9. The van der Waals surface area contributed by atoms with Crippen LogP contribution in [0.3, 0.4) is 0 Å². The highest BCUT2D eigenvalue weighted by Gasteiger charge is 2.35. The van der Waals surface area contributed by atoms with Gasteiger partial charge in [0.15, 0.2) is 0 Å². The minimum Gasteiger partial charge on any atom is -0.332 e. The monoisotopic (exact) mass is 273 g/mol. The van der Waals surface area contributed by atoms with E-state index >= 15 is 0 Å². The maximum absolute atomic E-state index is 12.8. The molecule has 2 heterocycles. The summed E-state index contributed by atoms with van der Waals surface area (Å²) in [6, 6.07) is 6.36. The Kier molecular flexibility index (Phi) is 4.31. The van der Waals surface area contributed by atoms with E-state index in [1.165, 1.54) is 12.8 Å². The number of aromatic nitrogens is 1. The van der Waals surface area contributed by atoms with Crippen LogP contribution in [0.2, 0.25) is 0 Å². The van der Waals surface area contributed by atoms with Crippen LogP contribution in [0.5, 0.6) is 0 Å². The van der Waals surface area contributed by atoms with Gasteiger partial charge in [0.05, 0.1) is 18.3 Å². The summed E-state index contributed by atoms with van der Waals surface area (Å²) in [5.74, 6) is 0.278. The molecule has 2 aliphatic rings. The van der Waals surface area contributed by atoms with Crippen LogP contribution in [0.25, 0.3) is 0 Å². The fourth-order valence-corrected chi connectivity index (χ4v) is 2.88. The molecule has 108 valence electrons. The minimum atomic E-state index is 0.0156. The lowest BCUT2D eigenvalue weighted by Gasteiger charge is -2.27. The molecule has 3 rings (SSSR count). The average Bonchev–Trinajstić information content (AvgIpc) is 3.31. The third-order valence-corrected chi connectivity index (χ3v) is 4.19. The predicted molar refractivity (Wildman–Crippen MR) is 78.1 cm³/mol. The summed E-state index contributed by atoms with van der Waals surface area (Å²) in [6.07, 6.45) is 8.65. The van der Waals surface area contributed by atoms with Crippen molar-refractivity contribution < 1.29 is 4.79 Å². The highest BCUT2D eigenvalue weighted by molar-refractivity contribution is 5.82. The number of pyridine rings is 1. The summed E-state index contributed by atoms with van der Waals surface area (Å²) in [7, 11) is 0. The van der Waals surface area contributed by atoms with E-state index in [-0.39, 0.29) is 11.9 Å². The van der Waals surface area contributed by atoms with Gasteiger partial charge >= 0.3 is 0 Å². The Morgan fingerprint density at radius 3 is 2.90 bits per heavy atom. The van der Waals surface area contributed by atoms with E-state index in [9.17, 15) is 4.79 Å². The fourth-order valence-electron chi connectivity index (χ4n) is 2.88. The number of rotatable bonds is 4. The third-order valence-electron chi connectivity index (χ3n) is 4.19. The molecule has 1 aromatic rings. The second-order valence-electron chi connectivity index (χ2n) is 5.87. The molecule has 2 fully saturated rings. The van der Waals surface area contributed by atoms with E-state index in [0.29, 0.717) is 12.6 Å². The van der Waals surface area contributed by atoms with Crippen LogP contribution in [-0.2, 0) is 11.3 Å². The van der Waals surface area contributed by atoms with Crippen LogP contribution >= 0.6 is 0 Å². The SMILES string of the molecule is O=C(C1CCCCCN1)N(Cc1ccccn1)C1CC1. The number of nitrogens with one attached hydrogen (secondary N) is 1. The number of carbonyl (C=O) groups is 1. The van der Waals surface area contributed by atoms with Gasteiger partial charge in [-0.1, -0.05) is 18.9 Å². The van der Waals surface area contributed by atoms with Crippen molar-refractivity contribution in [2.45, 2.75) is 57.2 Å². The molecular formula is C16H23N3O. The third kappa shape index (κ3) is 3.37. The summed E-state index contributed by atoms with van der Waals surface area (Å²) in [5, 5.41) is 3.42. The molecule has 1 aliphatic carbocycles. The Labute approximate surface area is 120 Å². The maximum atomic E-state index is 12.8. The predicted octanol–water partition coefficient (Wildman–Crippen LogP) is 2.10. The molecule has 0 radical (unpaired) electrons. The summed E-state index contributed by atoms with van der Waals surface area (Å²) in [4.78, 5) is 19.2. The summed E-state index contributed by atoms with van der Waals surface area (Å²) in [6.45, 7) is 1.63. The van der Waals surface area contributed by atoms with Gasteiger partial charge < -0.3 is 10.2 Å². The molecule has 0 spiro atoms. The van der Waals surface area contributed by atoms with Crippen LogP contribution < -0.4 is 5.32 Å². The number of nitrogens with zero attached hydrogens (tertiary/aromatic N) is 2. The molecule has 1 saturated heterocycles. The first-order chi connectivity index (χ1) is 9.84. The average molecular weight is 273 g/mol. The Balaban J connectivity index is 1.68. The second-order valence-corrected chi connectivity index (χ2v) is 5.87. The normalized spacial score (nSPS) is 23.1. The number of amides is 1. The zero-order chi connectivity index (χ0) is 13.8. The van der Waals surface area contributed by atoms with Crippen LogP contribution in [0, 0.1) is 0 Å². The molecule has 1 aliphatic heterocycles. The van der Waals surface area contributed by atoms with Crippen molar-refractivity contribution in [1.82, 2.24) is 15.2 Å². The molecule has 1 N–H and O–H groups in total. The largest absolute Gasteiger partial charge is 0.332 e. The molecule has 1 atom stereocenters. The molecule has 4 nitrogen and oxygen atoms in total. The zero-order valence-electron chi connectivity index (χ0n) is 11.9. The Hall–Kier alpha value is -1.42. The van der Waals surface area contributed by atoms with Crippen molar-refractivity contribution >= 4 is 5.91 Å². The lowest BCUT2D eigenvalue weighted by Crippen LogP contribution is -2.46. The first-order valence-electron chi connectivity index (χ1n) is 7.78. The quantitative estimate of drug-likeness (QED) is 0.914. The van der Waals surface area contributed by atoms with Gasteiger partial charge in [-0.2, -0.15) is 0 Å². The van der Waals surface area contributed by atoms with Gasteiger partial charge in [-0.25, -0.2) is 0 Å². The molecule has 1 saturated carbocycles. The molecule has 20 heavy (non-hydrogen) atoms. The summed E-state index contributed by atoms with van der Waals surface area (Å²) >= 11 is 0. The first kappa shape index (κ1) is 13.6. The number of carbonyl (C=O) groups excluding carboxylic acids is 1. The fraction of sp³-hybridized carbons (Fsp3) is 0.625. The standard InChI is InChI=1S/C16H23N3O/c20-16(15-7-2-1-4-11-18-15)19(14-8-9-14)12-13-6-3-5-10-17-13/h3,5-6,10,14-15,18H,1-2,4,7-9,11-12H2. The van der Waals surface area contributed by atoms with Gasteiger partial charge in [0, 0.05) is 12.2 Å². The van der Waals surface area contributed by atoms with E-state index < -0.39 is 0 Å². The lowest BCUT2D eigenvalue weighted by atomic mass is 10.1. The number of hydrogen-bond donors (Lipinski definition) is 1. The van der Waals surface area contributed by atoms with Gasteiger partial charge in [0.1, 0.15) is 0 Å². The van der Waals surface area contributed by atoms with Crippen molar-refractivity contribution in [3.05, 3.63) is 30.1 Å². The van der Waals surface area contributed by atoms with Gasteiger partial charge in [-0.05, 0) is 44.4 Å². The van der Waals surface area contributed by atoms with E-state index in [1.54, 1.807) is 6.20 Å². The number of hydrogen-bond acceptors (Lipinski definition) is 3. The molecule has 0 aromatic carbocycles. The van der Waals surface area contributed by atoms with Crippen LogP contribution in [-0.4, -0.2) is 34.4 Å². The van der Waals surface area contributed by atoms with Gasteiger partial charge in [-0.3, -0.25) is 9.78 Å².